The maximum absolute atomic E-state index is 12.5. The van der Waals surface area contributed by atoms with E-state index in [-0.39, 0.29) is 17.0 Å². The van der Waals surface area contributed by atoms with Gasteiger partial charge in [-0.25, -0.2) is 9.67 Å². The van der Waals surface area contributed by atoms with Gasteiger partial charge in [0, 0.05) is 32.3 Å². The summed E-state index contributed by atoms with van der Waals surface area (Å²) in [6, 6.07) is 0. The largest absolute Gasteiger partial charge is 0.382 e. The van der Waals surface area contributed by atoms with E-state index in [2.05, 4.69) is 9.89 Å². The van der Waals surface area contributed by atoms with Crippen molar-refractivity contribution in [3.63, 3.8) is 0 Å². The summed E-state index contributed by atoms with van der Waals surface area (Å²) in [4.78, 5) is 30.9. The van der Waals surface area contributed by atoms with Crippen molar-refractivity contribution >= 4 is 23.0 Å². The Morgan fingerprint density at radius 2 is 1.70 bits per heavy atom. The van der Waals surface area contributed by atoms with E-state index < -0.39 is 0 Å². The maximum atomic E-state index is 12.5. The van der Waals surface area contributed by atoms with Crippen LogP contribution in [0, 0.1) is 0 Å². The molecule has 23 heavy (non-hydrogen) atoms. The molecule has 2 N–H and O–H groups in total. The van der Waals surface area contributed by atoms with E-state index >= 15 is 0 Å². The summed E-state index contributed by atoms with van der Waals surface area (Å²) in [6.45, 7) is 3.24. The van der Waals surface area contributed by atoms with Gasteiger partial charge < -0.3 is 10.6 Å². The van der Waals surface area contributed by atoms with Crippen LogP contribution in [-0.2, 0) is 17.9 Å². The molecule has 7 nitrogen and oxygen atoms in total. The second kappa shape index (κ2) is 5.26. The van der Waals surface area contributed by atoms with Crippen LogP contribution in [0.1, 0.15) is 19.3 Å². The number of hydrogen-bond donors (Lipinski definition) is 1. The second-order valence-electron chi connectivity index (χ2n) is 6.10. The number of rotatable bonds is 2. The third-order valence-corrected chi connectivity index (χ3v) is 4.61. The Balaban J connectivity index is 1.78. The highest BCUT2D eigenvalue weighted by Crippen LogP contribution is 2.25. The Morgan fingerprint density at radius 1 is 0.957 bits per heavy atom. The molecule has 2 aliphatic heterocycles. The third-order valence-electron chi connectivity index (χ3n) is 4.61. The van der Waals surface area contributed by atoms with E-state index in [1.165, 1.54) is 6.08 Å². The van der Waals surface area contributed by atoms with Crippen LogP contribution in [0.3, 0.4) is 0 Å². The summed E-state index contributed by atoms with van der Waals surface area (Å²) in [6.07, 6.45) is 7.89. The molecule has 4 rings (SSSR count). The van der Waals surface area contributed by atoms with Gasteiger partial charge in [0.15, 0.2) is 17.3 Å². The molecule has 3 heterocycles. The number of carbonyl (C=O) groups excluding carboxylic acids is 1. The lowest BCUT2D eigenvalue weighted by atomic mass is 10.1. The zero-order valence-corrected chi connectivity index (χ0v) is 12.9. The molecule has 0 aromatic carbocycles. The highest BCUT2D eigenvalue weighted by Gasteiger charge is 2.25. The SMILES string of the molecule is Nc1c(N=C2C=CC(=O)C=C2N2CCCC2)c(=O)n2n1CCC2. The molecule has 0 spiro atoms. The van der Waals surface area contributed by atoms with Crippen LogP contribution in [0.4, 0.5) is 11.5 Å². The van der Waals surface area contributed by atoms with Gasteiger partial charge in [0.1, 0.15) is 0 Å². The first-order valence-corrected chi connectivity index (χ1v) is 8.02. The minimum Gasteiger partial charge on any atom is -0.382 e. The number of aliphatic imine (C=N–C) groups is 1. The van der Waals surface area contributed by atoms with E-state index in [1.54, 1.807) is 21.5 Å². The first kappa shape index (κ1) is 14.0. The molecular formula is C16H19N5O2. The van der Waals surface area contributed by atoms with Crippen LogP contribution >= 0.6 is 0 Å². The zero-order valence-electron chi connectivity index (χ0n) is 12.9. The fraction of sp³-hybridized carbons (Fsp3) is 0.438. The molecule has 0 amide bonds. The van der Waals surface area contributed by atoms with Gasteiger partial charge in [0.05, 0.1) is 11.4 Å². The number of aromatic nitrogens is 2. The minimum atomic E-state index is -0.154. The Morgan fingerprint density at radius 3 is 2.43 bits per heavy atom. The van der Waals surface area contributed by atoms with Crippen LogP contribution in [0.25, 0.3) is 0 Å². The molecule has 120 valence electrons. The molecule has 3 aliphatic rings. The molecule has 1 fully saturated rings. The van der Waals surface area contributed by atoms with Gasteiger partial charge in [-0.05, 0) is 31.4 Å². The molecule has 0 atom stereocenters. The van der Waals surface area contributed by atoms with Gasteiger partial charge in [-0.2, -0.15) is 0 Å². The van der Waals surface area contributed by atoms with Gasteiger partial charge in [0.2, 0.25) is 0 Å². The molecule has 1 aromatic heterocycles. The standard InChI is InChI=1S/C16H19N5O2/c17-15-14(16(23)21-9-3-8-20(15)21)18-12-5-4-11(22)10-13(12)19-6-1-2-7-19/h4-5,10H,1-3,6-9,17H2. The molecule has 0 bridgehead atoms. The number of likely N-dealkylation sites (tertiary alicyclic amines) is 1. The van der Waals surface area contributed by atoms with Crippen molar-refractivity contribution in [3.8, 4) is 0 Å². The van der Waals surface area contributed by atoms with Crippen molar-refractivity contribution in [2.24, 2.45) is 4.99 Å². The number of anilines is 1. The molecule has 7 heteroatoms. The lowest BCUT2D eigenvalue weighted by Gasteiger charge is -2.22. The number of nitrogens with zero attached hydrogens (tertiary/aromatic N) is 4. The van der Waals surface area contributed by atoms with Gasteiger partial charge in [-0.15, -0.1) is 0 Å². The average Bonchev–Trinajstić information content (AvgIpc) is 3.26. The van der Waals surface area contributed by atoms with Gasteiger partial charge in [-0.1, -0.05) is 0 Å². The van der Waals surface area contributed by atoms with Crippen molar-refractivity contribution in [2.45, 2.75) is 32.4 Å². The van der Waals surface area contributed by atoms with Crippen LogP contribution in [0.15, 0.2) is 33.7 Å². The lowest BCUT2D eigenvalue weighted by molar-refractivity contribution is -0.110. The zero-order chi connectivity index (χ0) is 16.0. The highest BCUT2D eigenvalue weighted by molar-refractivity contribution is 6.20. The number of hydrogen-bond acceptors (Lipinski definition) is 5. The topological polar surface area (TPSA) is 85.6 Å². The number of ketones is 1. The van der Waals surface area contributed by atoms with E-state index in [9.17, 15) is 9.59 Å². The summed E-state index contributed by atoms with van der Waals surface area (Å²) in [5, 5.41) is 0. The first-order valence-electron chi connectivity index (χ1n) is 8.02. The first-order chi connectivity index (χ1) is 11.1. The van der Waals surface area contributed by atoms with Crippen LogP contribution in [0.2, 0.25) is 0 Å². The van der Waals surface area contributed by atoms with Crippen LogP contribution in [0.5, 0.6) is 0 Å². The number of allylic oxidation sites excluding steroid dienone is 3. The predicted octanol–water partition coefficient (Wildman–Crippen LogP) is 0.827. The highest BCUT2D eigenvalue weighted by atomic mass is 16.1. The smallest absolute Gasteiger partial charge is 0.294 e. The summed E-state index contributed by atoms with van der Waals surface area (Å²) >= 11 is 0. The Hall–Kier alpha value is -2.57. The molecule has 1 saturated heterocycles. The summed E-state index contributed by atoms with van der Waals surface area (Å²) in [5.74, 6) is 0.362. The van der Waals surface area contributed by atoms with Crippen molar-refractivity contribution < 1.29 is 4.79 Å². The Bertz CT molecular complexity index is 818. The number of nitrogen functional groups attached to an aromatic ring is 1. The van der Waals surface area contributed by atoms with E-state index in [0.29, 0.717) is 18.1 Å². The predicted molar refractivity (Wildman–Crippen MR) is 87.9 cm³/mol. The molecule has 0 saturated carbocycles. The van der Waals surface area contributed by atoms with E-state index in [4.69, 9.17) is 5.73 Å². The normalized spacial score (nSPS) is 22.1. The average molecular weight is 313 g/mol. The second-order valence-corrected chi connectivity index (χ2v) is 6.10. The van der Waals surface area contributed by atoms with Gasteiger partial charge in [-0.3, -0.25) is 14.3 Å². The fourth-order valence-corrected chi connectivity index (χ4v) is 3.46. The molecular weight excluding hydrogens is 294 g/mol. The van der Waals surface area contributed by atoms with Gasteiger partial charge in [0.25, 0.3) is 5.56 Å². The lowest BCUT2D eigenvalue weighted by Crippen LogP contribution is -2.26. The number of fused-ring (bicyclic) bond motifs is 1. The number of carbonyl (C=O) groups is 1. The monoisotopic (exact) mass is 313 g/mol. The molecule has 0 radical (unpaired) electrons. The quantitative estimate of drug-likeness (QED) is 0.819. The minimum absolute atomic E-state index is 0.0464. The van der Waals surface area contributed by atoms with E-state index in [0.717, 1.165) is 44.6 Å². The van der Waals surface area contributed by atoms with Crippen LogP contribution in [-0.4, -0.2) is 38.8 Å². The van der Waals surface area contributed by atoms with Crippen molar-refractivity contribution in [1.82, 2.24) is 14.3 Å². The number of nitrogens with two attached hydrogens (primary N) is 1. The summed E-state index contributed by atoms with van der Waals surface area (Å²) in [7, 11) is 0. The Kier molecular flexibility index (Phi) is 3.21. The van der Waals surface area contributed by atoms with Gasteiger partial charge >= 0.3 is 0 Å². The molecule has 0 unspecified atom stereocenters. The van der Waals surface area contributed by atoms with Crippen molar-refractivity contribution in [1.29, 1.82) is 0 Å². The Labute approximate surface area is 133 Å². The van der Waals surface area contributed by atoms with E-state index in [1.807, 2.05) is 0 Å². The fourth-order valence-electron chi connectivity index (χ4n) is 3.46. The van der Waals surface area contributed by atoms with Crippen molar-refractivity contribution in [2.75, 3.05) is 18.8 Å². The molecule has 1 aliphatic carbocycles. The summed E-state index contributed by atoms with van der Waals surface area (Å²) < 4.78 is 3.43. The van der Waals surface area contributed by atoms with Crippen LogP contribution < -0.4 is 11.3 Å². The molecule has 1 aromatic rings. The third kappa shape index (κ3) is 2.23. The van der Waals surface area contributed by atoms with Crippen molar-refractivity contribution in [3.05, 3.63) is 34.3 Å². The maximum Gasteiger partial charge on any atom is 0.294 e. The summed E-state index contributed by atoms with van der Waals surface area (Å²) in [5.41, 5.74) is 7.67.